The number of phenolic OH excluding ortho intramolecular Hbond substituents is 6. The maximum Gasteiger partial charge on any atom is 0.123 e. The number of hydrogen-bond donors (Lipinski definition) is 6. The quantitative estimate of drug-likeness (QED) is 0.326. The van der Waals surface area contributed by atoms with Crippen LogP contribution in [0.2, 0.25) is 0 Å². The second-order valence-corrected chi connectivity index (χ2v) is 11.0. The van der Waals surface area contributed by atoms with E-state index < -0.39 is 16.2 Å². The van der Waals surface area contributed by atoms with Crippen LogP contribution < -0.4 is 0 Å². The van der Waals surface area contributed by atoms with Gasteiger partial charge >= 0.3 is 0 Å². The molecule has 0 atom stereocenters. The molecular formula is C28H28O6. The second-order valence-electron chi connectivity index (χ2n) is 11.0. The molecule has 4 saturated carbocycles. The Labute approximate surface area is 197 Å². The molecule has 7 rings (SSSR count). The normalized spacial score (nSPS) is 31.6. The van der Waals surface area contributed by atoms with E-state index in [0.29, 0.717) is 19.3 Å². The van der Waals surface area contributed by atoms with Gasteiger partial charge in [-0.1, -0.05) is 18.2 Å². The summed E-state index contributed by atoms with van der Waals surface area (Å²) in [5.41, 5.74) is 1.06. The largest absolute Gasteiger partial charge is 0.508 e. The van der Waals surface area contributed by atoms with Gasteiger partial charge < -0.3 is 30.6 Å². The number of rotatable bonds is 3. The molecule has 4 aliphatic carbocycles. The van der Waals surface area contributed by atoms with Crippen molar-refractivity contribution in [2.24, 2.45) is 5.92 Å². The van der Waals surface area contributed by atoms with E-state index in [9.17, 15) is 30.6 Å². The van der Waals surface area contributed by atoms with Gasteiger partial charge in [0.25, 0.3) is 0 Å². The Morgan fingerprint density at radius 1 is 0.471 bits per heavy atom. The lowest BCUT2D eigenvalue weighted by atomic mass is 9.36. The summed E-state index contributed by atoms with van der Waals surface area (Å²) in [5.74, 6) is 0.450. The first-order chi connectivity index (χ1) is 16.1. The minimum absolute atomic E-state index is 0.00256. The summed E-state index contributed by atoms with van der Waals surface area (Å²) < 4.78 is 0. The Morgan fingerprint density at radius 3 is 1.03 bits per heavy atom. The standard InChI is InChI=1S/C28H28O6/c29-17-1-4-20(23(32)7-17)26-10-16-11-27(13-26,21-5-2-18(30)8-24(21)33)15-28(12-16,14-26)22-6-3-19(31)9-25(22)34/h1-9,16,29-34H,10-15H2. The highest BCUT2D eigenvalue weighted by Gasteiger charge is 2.65. The number of aromatic hydroxyl groups is 6. The zero-order valence-corrected chi connectivity index (χ0v) is 18.7. The summed E-state index contributed by atoms with van der Waals surface area (Å²) in [6.07, 6.45) is 4.71. The van der Waals surface area contributed by atoms with E-state index in [-0.39, 0.29) is 40.4 Å². The monoisotopic (exact) mass is 460 g/mol. The molecule has 4 aliphatic rings. The summed E-state index contributed by atoms with van der Waals surface area (Å²) >= 11 is 0. The van der Waals surface area contributed by atoms with Crippen LogP contribution in [-0.2, 0) is 16.2 Å². The average molecular weight is 461 g/mol. The lowest BCUT2D eigenvalue weighted by Crippen LogP contribution is -2.62. The van der Waals surface area contributed by atoms with E-state index in [2.05, 4.69) is 0 Å². The highest BCUT2D eigenvalue weighted by Crippen LogP contribution is 2.72. The second kappa shape index (κ2) is 6.75. The third kappa shape index (κ3) is 2.87. The molecule has 176 valence electrons. The van der Waals surface area contributed by atoms with Crippen molar-refractivity contribution >= 4 is 0 Å². The minimum Gasteiger partial charge on any atom is -0.508 e. The van der Waals surface area contributed by atoms with Gasteiger partial charge in [0.05, 0.1) is 0 Å². The molecular weight excluding hydrogens is 432 g/mol. The molecule has 6 nitrogen and oxygen atoms in total. The van der Waals surface area contributed by atoms with Crippen molar-refractivity contribution in [3.05, 3.63) is 71.3 Å². The van der Waals surface area contributed by atoms with Gasteiger partial charge in [0.15, 0.2) is 0 Å². The molecule has 0 saturated heterocycles. The van der Waals surface area contributed by atoms with Gasteiger partial charge in [-0.25, -0.2) is 0 Å². The smallest absolute Gasteiger partial charge is 0.123 e. The van der Waals surface area contributed by atoms with Gasteiger partial charge in [-0.2, -0.15) is 0 Å². The zero-order chi connectivity index (χ0) is 23.9. The Hall–Kier alpha value is -3.54. The van der Waals surface area contributed by atoms with Crippen LogP contribution in [-0.4, -0.2) is 30.6 Å². The molecule has 3 aromatic carbocycles. The highest BCUT2D eigenvalue weighted by molar-refractivity contribution is 5.54. The first kappa shape index (κ1) is 21.0. The van der Waals surface area contributed by atoms with E-state index >= 15 is 0 Å². The van der Waals surface area contributed by atoms with Gasteiger partial charge in [-0.15, -0.1) is 0 Å². The molecule has 0 unspecified atom stereocenters. The average Bonchev–Trinajstić information content (AvgIpc) is 2.72. The summed E-state index contributed by atoms with van der Waals surface area (Å²) in [5, 5.41) is 62.5. The number of phenols is 6. The predicted octanol–water partition coefficient (Wildman–Crippen LogP) is 5.03. The van der Waals surface area contributed by atoms with Crippen LogP contribution in [0.1, 0.15) is 55.2 Å². The first-order valence-corrected chi connectivity index (χ1v) is 11.7. The van der Waals surface area contributed by atoms with Crippen molar-refractivity contribution in [1.29, 1.82) is 0 Å². The van der Waals surface area contributed by atoms with Crippen LogP contribution in [0.25, 0.3) is 0 Å². The highest BCUT2D eigenvalue weighted by atomic mass is 16.3. The van der Waals surface area contributed by atoms with Crippen molar-refractivity contribution in [1.82, 2.24) is 0 Å². The van der Waals surface area contributed by atoms with Gasteiger partial charge in [0, 0.05) is 51.1 Å². The molecule has 0 aromatic heterocycles. The molecule has 6 heteroatoms. The lowest BCUT2D eigenvalue weighted by molar-refractivity contribution is -0.0514. The fraction of sp³-hybridized carbons (Fsp3) is 0.357. The first-order valence-electron chi connectivity index (χ1n) is 11.7. The van der Waals surface area contributed by atoms with Gasteiger partial charge in [-0.05, 0) is 62.6 Å². The summed E-state index contributed by atoms with van der Waals surface area (Å²) in [6.45, 7) is 0. The van der Waals surface area contributed by atoms with Crippen LogP contribution in [0.3, 0.4) is 0 Å². The maximum atomic E-state index is 10.9. The molecule has 0 spiro atoms. The molecule has 4 bridgehead atoms. The number of hydrogen-bond acceptors (Lipinski definition) is 6. The van der Waals surface area contributed by atoms with Gasteiger partial charge in [-0.3, -0.25) is 0 Å². The van der Waals surface area contributed by atoms with Crippen molar-refractivity contribution in [2.75, 3.05) is 0 Å². The topological polar surface area (TPSA) is 121 Å². The molecule has 0 heterocycles. The molecule has 3 aromatic rings. The van der Waals surface area contributed by atoms with Crippen molar-refractivity contribution < 1.29 is 30.6 Å². The molecule has 0 amide bonds. The van der Waals surface area contributed by atoms with E-state index in [1.165, 1.54) is 18.2 Å². The van der Waals surface area contributed by atoms with Crippen LogP contribution in [0, 0.1) is 5.92 Å². The Bertz CT molecular complexity index is 1150. The van der Waals surface area contributed by atoms with Crippen LogP contribution in [0.5, 0.6) is 34.5 Å². The van der Waals surface area contributed by atoms with E-state index in [0.717, 1.165) is 36.0 Å². The third-order valence-corrected chi connectivity index (χ3v) is 8.73. The maximum absolute atomic E-state index is 10.9. The Morgan fingerprint density at radius 2 is 0.765 bits per heavy atom. The van der Waals surface area contributed by atoms with E-state index in [4.69, 9.17) is 0 Å². The predicted molar refractivity (Wildman–Crippen MR) is 126 cm³/mol. The van der Waals surface area contributed by atoms with Crippen LogP contribution in [0.4, 0.5) is 0 Å². The van der Waals surface area contributed by atoms with Gasteiger partial charge in [0.1, 0.15) is 34.5 Å². The molecule has 0 aliphatic heterocycles. The Kier molecular flexibility index (Phi) is 4.17. The molecule has 4 fully saturated rings. The molecule has 0 radical (unpaired) electrons. The van der Waals surface area contributed by atoms with Gasteiger partial charge in [0.2, 0.25) is 0 Å². The van der Waals surface area contributed by atoms with Crippen molar-refractivity contribution in [3.8, 4) is 34.5 Å². The SMILES string of the molecule is Oc1ccc(C23CC4CC(c5ccc(O)cc5O)(C2)CC(c2ccc(O)cc2O)(C4)C3)c(O)c1. The Balaban J connectivity index is 1.59. The molecule has 6 N–H and O–H groups in total. The summed E-state index contributed by atoms with van der Waals surface area (Å²) in [4.78, 5) is 0. The van der Waals surface area contributed by atoms with Crippen LogP contribution >= 0.6 is 0 Å². The molecule has 34 heavy (non-hydrogen) atoms. The fourth-order valence-electron chi connectivity index (χ4n) is 8.24. The number of benzene rings is 3. The van der Waals surface area contributed by atoms with Crippen LogP contribution in [0.15, 0.2) is 54.6 Å². The third-order valence-electron chi connectivity index (χ3n) is 8.73. The van der Waals surface area contributed by atoms with Crippen molar-refractivity contribution in [2.45, 2.75) is 54.8 Å². The van der Waals surface area contributed by atoms with Crippen molar-refractivity contribution in [3.63, 3.8) is 0 Å². The fourth-order valence-corrected chi connectivity index (χ4v) is 8.24. The zero-order valence-electron chi connectivity index (χ0n) is 18.7. The lowest BCUT2D eigenvalue weighted by Gasteiger charge is -2.67. The summed E-state index contributed by atoms with van der Waals surface area (Å²) in [6, 6.07) is 14.3. The minimum atomic E-state index is -0.425. The van der Waals surface area contributed by atoms with E-state index in [1.54, 1.807) is 36.4 Å². The summed E-state index contributed by atoms with van der Waals surface area (Å²) in [7, 11) is 0. The van der Waals surface area contributed by atoms with E-state index in [1.807, 2.05) is 0 Å².